The largest absolute Gasteiger partial charge is 0.352 e. The van der Waals surface area contributed by atoms with Crippen LogP contribution in [0.5, 0.6) is 0 Å². The second kappa shape index (κ2) is 9.06. The number of amides is 1. The number of nitrogens with zero attached hydrogens (tertiary/aromatic N) is 2. The lowest BCUT2D eigenvalue weighted by Gasteiger charge is -2.30. The van der Waals surface area contributed by atoms with Crippen LogP contribution in [0.1, 0.15) is 49.4 Å². The van der Waals surface area contributed by atoms with Gasteiger partial charge in [0.2, 0.25) is 10.0 Å². The lowest BCUT2D eigenvalue weighted by Crippen LogP contribution is -2.37. The molecule has 2 aliphatic rings. The van der Waals surface area contributed by atoms with Gasteiger partial charge in [0.25, 0.3) is 5.91 Å². The first-order chi connectivity index (χ1) is 13.0. The van der Waals surface area contributed by atoms with Crippen molar-refractivity contribution < 1.29 is 13.2 Å². The summed E-state index contributed by atoms with van der Waals surface area (Å²) in [5, 5.41) is 2.97. The number of benzene rings is 1. The second-order valence-corrected chi connectivity index (χ2v) is 9.79. The Hall–Kier alpha value is -1.60. The fourth-order valence-corrected chi connectivity index (χ4v) is 5.39. The van der Waals surface area contributed by atoms with Gasteiger partial charge in [0.05, 0.1) is 11.4 Å². The Balaban J connectivity index is 1.45. The highest BCUT2D eigenvalue weighted by Gasteiger charge is 2.26. The van der Waals surface area contributed by atoms with Crippen LogP contribution in [-0.2, 0) is 10.0 Å². The van der Waals surface area contributed by atoms with Gasteiger partial charge in [0.15, 0.2) is 0 Å². The number of carbonyl (C=O) groups is 1. The van der Waals surface area contributed by atoms with E-state index < -0.39 is 10.0 Å². The van der Waals surface area contributed by atoms with E-state index in [9.17, 15) is 13.2 Å². The molecule has 2 saturated heterocycles. The van der Waals surface area contributed by atoms with Crippen molar-refractivity contribution in [3.05, 3.63) is 29.8 Å². The van der Waals surface area contributed by atoms with Crippen LogP contribution in [0.3, 0.4) is 0 Å². The predicted octanol–water partition coefficient (Wildman–Crippen LogP) is 2.47. The molecule has 0 saturated carbocycles. The van der Waals surface area contributed by atoms with Gasteiger partial charge in [0.1, 0.15) is 0 Å². The van der Waals surface area contributed by atoms with Crippen LogP contribution >= 0.6 is 0 Å². The first-order valence-corrected chi connectivity index (χ1v) is 11.7. The number of rotatable bonds is 6. The third kappa shape index (κ3) is 5.45. The highest BCUT2D eigenvalue weighted by molar-refractivity contribution is 7.92. The van der Waals surface area contributed by atoms with E-state index >= 15 is 0 Å². The van der Waals surface area contributed by atoms with Gasteiger partial charge < -0.3 is 10.2 Å². The summed E-state index contributed by atoms with van der Waals surface area (Å²) in [4.78, 5) is 14.8. The van der Waals surface area contributed by atoms with Crippen LogP contribution < -0.4 is 9.62 Å². The van der Waals surface area contributed by atoms with Gasteiger partial charge in [-0.3, -0.25) is 9.10 Å². The van der Waals surface area contributed by atoms with Gasteiger partial charge in [-0.2, -0.15) is 0 Å². The molecule has 2 heterocycles. The molecule has 27 heavy (non-hydrogen) atoms. The molecule has 2 fully saturated rings. The van der Waals surface area contributed by atoms with Gasteiger partial charge in [-0.1, -0.05) is 6.92 Å². The molecule has 1 aromatic rings. The van der Waals surface area contributed by atoms with Crippen LogP contribution in [0.15, 0.2) is 24.3 Å². The molecule has 150 valence electrons. The molecule has 1 N–H and O–H groups in total. The maximum atomic E-state index is 12.3. The zero-order valence-corrected chi connectivity index (χ0v) is 17.0. The van der Waals surface area contributed by atoms with E-state index in [1.807, 2.05) is 0 Å². The number of nitrogens with one attached hydrogen (secondary N) is 1. The lowest BCUT2D eigenvalue weighted by molar-refractivity contribution is 0.0950. The fraction of sp³-hybridized carbons (Fsp3) is 0.650. The number of anilines is 1. The highest BCUT2D eigenvalue weighted by Crippen LogP contribution is 2.23. The van der Waals surface area contributed by atoms with Crippen molar-refractivity contribution in [2.75, 3.05) is 42.8 Å². The summed E-state index contributed by atoms with van der Waals surface area (Å²) in [7, 11) is -3.21. The van der Waals surface area contributed by atoms with Gasteiger partial charge in [0, 0.05) is 18.7 Å². The SMILES string of the molecule is CC1CCN(CCCNC(=O)c2ccc(N3CCCCS3(=O)=O)cc2)CC1. The monoisotopic (exact) mass is 393 g/mol. The standard InChI is InChI=1S/C20H31N3O3S/c1-17-9-14-22(15-10-17)12-4-11-21-20(24)18-5-7-19(8-6-18)23-13-2-3-16-27(23,25)26/h5-8,17H,2-4,9-16H2,1H3,(H,21,24). The van der Waals surface area contributed by atoms with E-state index in [4.69, 9.17) is 0 Å². The molecule has 0 aromatic heterocycles. The summed E-state index contributed by atoms with van der Waals surface area (Å²) < 4.78 is 25.8. The first kappa shape index (κ1) is 20.1. The third-order valence-corrected chi connectivity index (χ3v) is 7.45. The van der Waals surface area contributed by atoms with E-state index in [2.05, 4.69) is 17.1 Å². The molecule has 0 bridgehead atoms. The summed E-state index contributed by atoms with van der Waals surface area (Å²) in [6.07, 6.45) is 5.08. The number of carbonyl (C=O) groups excluding carboxylic acids is 1. The van der Waals surface area contributed by atoms with E-state index in [-0.39, 0.29) is 11.7 Å². The third-order valence-electron chi connectivity index (χ3n) is 5.58. The van der Waals surface area contributed by atoms with E-state index in [1.165, 1.54) is 17.1 Å². The van der Waals surface area contributed by atoms with Crippen LogP contribution in [0.25, 0.3) is 0 Å². The second-order valence-electron chi connectivity index (χ2n) is 7.78. The Morgan fingerprint density at radius 2 is 1.81 bits per heavy atom. The van der Waals surface area contributed by atoms with Crippen LogP contribution in [0.4, 0.5) is 5.69 Å². The van der Waals surface area contributed by atoms with Gasteiger partial charge in [-0.25, -0.2) is 8.42 Å². The lowest BCUT2D eigenvalue weighted by atomic mass is 9.99. The van der Waals surface area contributed by atoms with E-state index in [1.54, 1.807) is 24.3 Å². The Morgan fingerprint density at radius 3 is 2.48 bits per heavy atom. The van der Waals surface area contributed by atoms with Crippen molar-refractivity contribution in [1.82, 2.24) is 10.2 Å². The average Bonchev–Trinajstić information content (AvgIpc) is 2.66. The van der Waals surface area contributed by atoms with Crippen molar-refractivity contribution in [1.29, 1.82) is 0 Å². The minimum Gasteiger partial charge on any atom is -0.352 e. The quantitative estimate of drug-likeness (QED) is 0.754. The summed E-state index contributed by atoms with van der Waals surface area (Å²) in [5.41, 5.74) is 1.21. The topological polar surface area (TPSA) is 69.7 Å². The van der Waals surface area contributed by atoms with Crippen molar-refractivity contribution in [2.24, 2.45) is 5.92 Å². The summed E-state index contributed by atoms with van der Waals surface area (Å²) >= 11 is 0. The predicted molar refractivity (Wildman–Crippen MR) is 109 cm³/mol. The highest BCUT2D eigenvalue weighted by atomic mass is 32.2. The Labute approximate surface area is 163 Å². The number of piperidine rings is 1. The van der Waals surface area contributed by atoms with E-state index in [0.717, 1.165) is 44.8 Å². The summed E-state index contributed by atoms with van der Waals surface area (Å²) in [5.74, 6) is 0.935. The maximum absolute atomic E-state index is 12.3. The minimum absolute atomic E-state index is 0.102. The zero-order chi connectivity index (χ0) is 19.3. The van der Waals surface area contributed by atoms with Gasteiger partial charge in [-0.05, 0) is 81.9 Å². The Bertz CT molecular complexity index is 725. The minimum atomic E-state index is -3.21. The smallest absolute Gasteiger partial charge is 0.251 e. The van der Waals surface area contributed by atoms with E-state index in [0.29, 0.717) is 24.3 Å². The molecule has 3 rings (SSSR count). The molecule has 7 heteroatoms. The molecule has 0 atom stereocenters. The molecule has 1 aromatic carbocycles. The molecule has 0 radical (unpaired) electrons. The fourth-order valence-electron chi connectivity index (χ4n) is 3.75. The molecule has 2 aliphatic heterocycles. The van der Waals surface area contributed by atoms with Crippen molar-refractivity contribution in [3.8, 4) is 0 Å². The Kier molecular flexibility index (Phi) is 6.76. The van der Waals surface area contributed by atoms with Gasteiger partial charge >= 0.3 is 0 Å². The van der Waals surface area contributed by atoms with Crippen molar-refractivity contribution in [2.45, 2.75) is 39.0 Å². The first-order valence-electron chi connectivity index (χ1n) is 10.1. The van der Waals surface area contributed by atoms with Gasteiger partial charge in [-0.15, -0.1) is 0 Å². The molecule has 1 amide bonds. The molecular weight excluding hydrogens is 362 g/mol. The molecule has 6 nitrogen and oxygen atoms in total. The summed E-state index contributed by atoms with van der Waals surface area (Å²) in [6, 6.07) is 6.88. The number of sulfonamides is 1. The zero-order valence-electron chi connectivity index (χ0n) is 16.2. The Morgan fingerprint density at radius 1 is 1.11 bits per heavy atom. The van der Waals surface area contributed by atoms with Crippen LogP contribution in [0.2, 0.25) is 0 Å². The molecular formula is C20H31N3O3S. The van der Waals surface area contributed by atoms with Crippen molar-refractivity contribution in [3.63, 3.8) is 0 Å². The summed E-state index contributed by atoms with van der Waals surface area (Å²) in [6.45, 7) is 6.84. The number of likely N-dealkylation sites (tertiary alicyclic amines) is 1. The number of hydrogen-bond donors (Lipinski definition) is 1. The maximum Gasteiger partial charge on any atom is 0.251 e. The molecule has 0 spiro atoms. The normalized spacial score (nSPS) is 21.1. The molecule has 0 unspecified atom stereocenters. The van der Waals surface area contributed by atoms with Crippen LogP contribution in [-0.4, -0.2) is 57.7 Å². The molecule has 0 aliphatic carbocycles. The number of hydrogen-bond acceptors (Lipinski definition) is 4. The van der Waals surface area contributed by atoms with Crippen molar-refractivity contribution >= 4 is 21.6 Å². The average molecular weight is 394 g/mol. The van der Waals surface area contributed by atoms with Crippen LogP contribution in [0, 0.1) is 5.92 Å².